The van der Waals surface area contributed by atoms with Gasteiger partial charge in [-0.15, -0.1) is 0 Å². The number of hydrogen-bond donors (Lipinski definition) is 4. The first kappa shape index (κ1) is 64.3. The van der Waals surface area contributed by atoms with Crippen molar-refractivity contribution in [2.45, 2.75) is 269 Å². The van der Waals surface area contributed by atoms with Crippen LogP contribution in [0.5, 0.6) is 0 Å². The second kappa shape index (κ2) is 23.2. The third kappa shape index (κ3) is 9.76. The standard InChI is InChI=1S/C20H27NO2.C19H27NO3.C19H25NO2.C18H25NO3/c1-12-9-13-10-14(22)3-4-15(13)16-5-7-19(2)17(18(12)16)6-8-20(19,23)11-21;1-11-9-15-12(3-4-16(21)23-15)13-5-7-18(2)14(17(11)13)6-8-19(18,22)10-20;1-18-8-6-15-14-5-3-13(21)10-12(14)2-4-16(15)17(18)7-9-19(18,22)11-20;1-17-8-6-11-12(14(17)7-9-18(17,21)10-19)2-4-15-13(11)3-5-16(20)22-15/h10,12,15-18,23H,3-9H2,1-2H3;11-15,17,22H,3-9H2,1-2H3;10,14-17,22H,2-9H2,1H3;11-15,21H,2-9H2,1H3/t12-,15+,16-,17+,18-,19+,20-;11-,12-,13-,14+,15?,17-,18+,19-;14-,15+,16+,17-,18-,19+;11-,12+,13+,14-,15?,17-,18+/m1100/s1. The highest BCUT2D eigenvalue weighted by Gasteiger charge is 2.68. The molecule has 2 saturated heterocycles. The smallest absolute Gasteiger partial charge is 0.306 e. The van der Waals surface area contributed by atoms with Crippen LogP contribution in [0.4, 0.5) is 0 Å². The quantitative estimate of drug-likeness (QED) is 0.130. The summed E-state index contributed by atoms with van der Waals surface area (Å²) in [5.74, 6) is 10.5. The number of rotatable bonds is 0. The van der Waals surface area contributed by atoms with E-state index >= 15 is 0 Å². The van der Waals surface area contributed by atoms with Gasteiger partial charge < -0.3 is 29.9 Å². The van der Waals surface area contributed by atoms with E-state index < -0.39 is 22.4 Å². The van der Waals surface area contributed by atoms with E-state index in [0.717, 1.165) is 141 Å². The van der Waals surface area contributed by atoms with Gasteiger partial charge in [0.05, 0.1) is 24.3 Å². The molecule has 12 saturated carbocycles. The predicted octanol–water partition coefficient (Wildman–Crippen LogP) is 12.9. The molecule has 2 aliphatic heterocycles. The highest BCUT2D eigenvalue weighted by Crippen LogP contribution is 2.70. The minimum atomic E-state index is -1.15. The lowest BCUT2D eigenvalue weighted by molar-refractivity contribution is -0.180. The maximum absolute atomic E-state index is 11.8. The van der Waals surface area contributed by atoms with E-state index in [2.05, 4.69) is 65.8 Å². The maximum atomic E-state index is 11.8. The van der Waals surface area contributed by atoms with Gasteiger partial charge in [-0.25, -0.2) is 0 Å². The zero-order valence-electron chi connectivity index (χ0n) is 54.9. The predicted molar refractivity (Wildman–Crippen MR) is 333 cm³/mol. The van der Waals surface area contributed by atoms with Crippen molar-refractivity contribution in [3.8, 4) is 24.3 Å². The molecule has 16 rings (SSSR count). The van der Waals surface area contributed by atoms with Crippen molar-refractivity contribution in [1.82, 2.24) is 0 Å². The zero-order valence-corrected chi connectivity index (χ0v) is 54.9. The van der Waals surface area contributed by atoms with Crippen molar-refractivity contribution in [2.75, 3.05) is 0 Å². The van der Waals surface area contributed by atoms with Gasteiger partial charge in [0.1, 0.15) is 12.2 Å². The zero-order chi connectivity index (χ0) is 63.9. The summed E-state index contributed by atoms with van der Waals surface area (Å²) in [4.78, 5) is 46.7. The monoisotopic (exact) mass is 1230 g/mol. The number of aliphatic hydroxyl groups is 4. The number of hydrogen-bond acceptors (Lipinski definition) is 14. The van der Waals surface area contributed by atoms with Crippen LogP contribution in [0.2, 0.25) is 0 Å². The summed E-state index contributed by atoms with van der Waals surface area (Å²) in [7, 11) is 0. The second-order valence-electron chi connectivity index (χ2n) is 34.1. The summed E-state index contributed by atoms with van der Waals surface area (Å²) in [5.41, 5.74) is -2.76. The molecule has 16 aliphatic rings. The summed E-state index contributed by atoms with van der Waals surface area (Å²) >= 11 is 0. The molecule has 0 bridgehead atoms. The van der Waals surface area contributed by atoms with Crippen molar-refractivity contribution in [1.29, 1.82) is 21.0 Å². The number of nitriles is 4. The molecule has 0 amide bonds. The molecule has 28 atom stereocenters. The van der Waals surface area contributed by atoms with Crippen molar-refractivity contribution < 1.29 is 49.1 Å². The number of nitrogens with zero attached hydrogens (tertiary/aromatic N) is 4. The lowest BCUT2D eigenvalue weighted by Gasteiger charge is -2.57. The highest BCUT2D eigenvalue weighted by atomic mass is 16.5. The Kier molecular flexibility index (Phi) is 16.6. The Labute approximate surface area is 535 Å². The van der Waals surface area contributed by atoms with Crippen LogP contribution in [0.1, 0.15) is 234 Å². The van der Waals surface area contributed by atoms with Crippen LogP contribution in [0.3, 0.4) is 0 Å². The van der Waals surface area contributed by atoms with Gasteiger partial charge in [-0.3, -0.25) is 19.2 Å². The van der Waals surface area contributed by atoms with E-state index in [1.54, 1.807) is 0 Å². The van der Waals surface area contributed by atoms with Gasteiger partial charge in [0.15, 0.2) is 34.0 Å². The average Bonchev–Trinajstić information content (AvgIpc) is 1.70. The lowest BCUT2D eigenvalue weighted by atomic mass is 9.48. The first-order valence-electron chi connectivity index (χ1n) is 36.2. The van der Waals surface area contributed by atoms with E-state index in [-0.39, 0.29) is 45.8 Å². The molecule has 14 fully saturated rings. The van der Waals surface area contributed by atoms with Crippen LogP contribution in [0.15, 0.2) is 23.3 Å². The van der Waals surface area contributed by atoms with Crippen LogP contribution in [-0.4, -0.2) is 78.5 Å². The van der Waals surface area contributed by atoms with Crippen molar-refractivity contribution in [3.63, 3.8) is 0 Å². The van der Waals surface area contributed by atoms with Gasteiger partial charge in [-0.2, -0.15) is 21.0 Å². The number of ether oxygens (including phenoxy) is 2. The fourth-order valence-electron chi connectivity index (χ4n) is 26.3. The Hall–Kier alpha value is -4.44. The molecular formula is C76H104N4O10. The Bertz CT molecular complexity index is 3130. The fraction of sp³-hybridized carbons (Fsp3) is 0.842. The molecule has 0 aromatic heterocycles. The maximum Gasteiger partial charge on any atom is 0.306 e. The molecule has 14 nitrogen and oxygen atoms in total. The van der Waals surface area contributed by atoms with Crippen LogP contribution in [0, 0.1) is 174 Å². The van der Waals surface area contributed by atoms with Crippen LogP contribution < -0.4 is 0 Å². The fourth-order valence-corrected chi connectivity index (χ4v) is 26.3. The minimum absolute atomic E-state index is 0.0277. The van der Waals surface area contributed by atoms with E-state index in [0.29, 0.717) is 169 Å². The van der Waals surface area contributed by atoms with Gasteiger partial charge in [-0.05, 0) is 286 Å². The highest BCUT2D eigenvalue weighted by molar-refractivity contribution is 5.92. The Balaban J connectivity index is 0.000000110. The summed E-state index contributed by atoms with van der Waals surface area (Å²) in [6, 6.07) is 8.95. The molecule has 0 aromatic carbocycles. The summed E-state index contributed by atoms with van der Waals surface area (Å²) < 4.78 is 11.3. The van der Waals surface area contributed by atoms with Gasteiger partial charge in [0.25, 0.3) is 0 Å². The molecule has 2 heterocycles. The van der Waals surface area contributed by atoms with E-state index in [1.165, 1.54) is 11.1 Å². The summed E-state index contributed by atoms with van der Waals surface area (Å²) in [5, 5.41) is 81.4. The van der Waals surface area contributed by atoms with Gasteiger partial charge in [0.2, 0.25) is 0 Å². The average molecular weight is 1230 g/mol. The number of ketones is 2. The summed E-state index contributed by atoms with van der Waals surface area (Å²) in [6.07, 6.45) is 31.4. The van der Waals surface area contributed by atoms with E-state index in [9.17, 15) is 60.7 Å². The normalized spacial score (nSPS) is 52.8. The molecule has 0 radical (unpaired) electrons. The Morgan fingerprint density at radius 3 is 1.31 bits per heavy atom. The number of carbonyl (C=O) groups is 4. The van der Waals surface area contributed by atoms with E-state index in [1.807, 2.05) is 12.2 Å². The Morgan fingerprint density at radius 2 is 0.789 bits per heavy atom. The van der Waals surface area contributed by atoms with Crippen LogP contribution in [-0.2, 0) is 28.7 Å². The van der Waals surface area contributed by atoms with Crippen molar-refractivity contribution in [2.24, 2.45) is 128 Å². The van der Waals surface area contributed by atoms with Gasteiger partial charge >= 0.3 is 11.9 Å². The van der Waals surface area contributed by atoms with E-state index in [4.69, 9.17) is 9.47 Å². The number of fused-ring (bicyclic) bond motifs is 20. The molecule has 488 valence electrons. The number of carbonyl (C=O) groups excluding carboxylic acids is 4. The van der Waals surface area contributed by atoms with Crippen LogP contribution >= 0.6 is 0 Å². The first-order valence-corrected chi connectivity index (χ1v) is 36.2. The topological polar surface area (TPSA) is 263 Å². The molecule has 0 aromatic rings. The Morgan fingerprint density at radius 1 is 0.389 bits per heavy atom. The molecule has 90 heavy (non-hydrogen) atoms. The molecule has 14 aliphatic carbocycles. The molecule has 4 N–H and O–H groups in total. The first-order chi connectivity index (χ1) is 42.8. The number of allylic oxidation sites excluding steroid dienone is 2. The van der Waals surface area contributed by atoms with Crippen molar-refractivity contribution in [3.05, 3.63) is 23.3 Å². The summed E-state index contributed by atoms with van der Waals surface area (Å²) in [6.45, 7) is 13.2. The molecular weight excluding hydrogens is 1130 g/mol. The third-order valence-corrected chi connectivity index (χ3v) is 31.2. The SMILES string of the molecule is C[C@@H]1CC2=CC(=O)CC[C@@H]2[C@H]2CC[C@@]3(C)[C@@H](CC[C@@]3(O)C#N)[C@@H]21.C[C@@H]1CC2OC(=O)CC[C@@H]2[C@H]2CC[C@@]3(C)[C@@H](CC[C@@]3(O)C#N)[C@@H]21.C[C@]12CC[C@H]3[C@@H](CCC4=CC(=O)CC[C@@H]43)[C@@H]1CC[C@@]2(O)C#N.C[C@]12CC[C@H]3[C@@H](CCC4OC(=O)CC[C@@H]43)[C@@H]1CC[C@@]2(O)C#N. The largest absolute Gasteiger partial charge is 0.462 e. The molecule has 0 spiro atoms. The minimum Gasteiger partial charge on any atom is -0.462 e. The number of esters is 2. The molecule has 14 heteroatoms. The second-order valence-corrected chi connectivity index (χ2v) is 34.1. The van der Waals surface area contributed by atoms with Gasteiger partial charge in [0, 0.05) is 47.3 Å². The van der Waals surface area contributed by atoms with Gasteiger partial charge in [-0.1, -0.05) is 52.7 Å². The lowest BCUT2D eigenvalue weighted by Crippen LogP contribution is -2.56. The molecule has 2 unspecified atom stereocenters. The van der Waals surface area contributed by atoms with Crippen molar-refractivity contribution >= 4 is 23.5 Å². The third-order valence-electron chi connectivity index (χ3n) is 31.2. The van der Waals surface area contributed by atoms with Crippen LogP contribution in [0.25, 0.3) is 0 Å².